The molecule has 0 saturated heterocycles. The van der Waals surface area contributed by atoms with Crippen LogP contribution < -0.4 is 16.6 Å². The fraction of sp³-hybridized carbons (Fsp3) is 0.0833. The van der Waals surface area contributed by atoms with Crippen molar-refractivity contribution in [3.63, 3.8) is 0 Å². The van der Waals surface area contributed by atoms with Crippen LogP contribution >= 0.6 is 0 Å². The van der Waals surface area contributed by atoms with Crippen molar-refractivity contribution < 1.29 is 4.92 Å². The summed E-state index contributed by atoms with van der Waals surface area (Å²) in [7, 11) is 0. The highest BCUT2D eigenvalue weighted by molar-refractivity contribution is 5.63. The molecule has 1 heterocycles. The first-order valence-corrected chi connectivity index (χ1v) is 5.58. The van der Waals surface area contributed by atoms with Gasteiger partial charge >= 0.3 is 0 Å². The van der Waals surface area contributed by atoms with E-state index in [1.165, 1.54) is 12.1 Å². The Morgan fingerprint density at radius 2 is 2.11 bits per heavy atom. The van der Waals surface area contributed by atoms with E-state index < -0.39 is 4.92 Å². The second-order valence-electron chi connectivity index (χ2n) is 3.88. The van der Waals surface area contributed by atoms with E-state index in [-0.39, 0.29) is 5.69 Å². The highest BCUT2D eigenvalue weighted by atomic mass is 16.6. The number of hydrogen-bond acceptors (Lipinski definition) is 6. The van der Waals surface area contributed by atoms with Gasteiger partial charge in [0.25, 0.3) is 5.69 Å². The number of hydrogen-bond donors (Lipinski definition) is 3. The Balaban J connectivity index is 2.15. The number of anilines is 2. The number of nitro groups is 1. The summed E-state index contributed by atoms with van der Waals surface area (Å²) >= 11 is 0. The van der Waals surface area contributed by atoms with Crippen LogP contribution in [-0.4, -0.2) is 9.91 Å². The van der Waals surface area contributed by atoms with Gasteiger partial charge in [-0.2, -0.15) is 0 Å². The zero-order valence-corrected chi connectivity index (χ0v) is 10.0. The summed E-state index contributed by atoms with van der Waals surface area (Å²) < 4.78 is 0. The quantitative estimate of drug-likeness (QED) is 0.430. The molecule has 4 N–H and O–H groups in total. The molecular formula is C12H13N5O2. The zero-order valence-electron chi connectivity index (χ0n) is 10.0. The van der Waals surface area contributed by atoms with Gasteiger partial charge in [0.1, 0.15) is 0 Å². The molecular weight excluding hydrogens is 246 g/mol. The third-order valence-corrected chi connectivity index (χ3v) is 2.51. The Morgan fingerprint density at radius 3 is 2.74 bits per heavy atom. The molecule has 0 radical (unpaired) electrons. The number of hydrazine groups is 1. The molecule has 0 bridgehead atoms. The van der Waals surface area contributed by atoms with Gasteiger partial charge in [-0.05, 0) is 17.7 Å². The lowest BCUT2D eigenvalue weighted by Crippen LogP contribution is -2.08. The Kier molecular flexibility index (Phi) is 3.89. The molecule has 7 heteroatoms. The average Bonchev–Trinajstić information content (AvgIpc) is 2.45. The van der Waals surface area contributed by atoms with Crippen molar-refractivity contribution in [2.24, 2.45) is 5.84 Å². The zero-order chi connectivity index (χ0) is 13.7. The molecule has 2 aromatic rings. The maximum absolute atomic E-state index is 10.8. The number of nitro benzene ring substituents is 1. The highest BCUT2D eigenvalue weighted by Gasteiger charge is 2.09. The first-order chi connectivity index (χ1) is 9.19. The molecule has 19 heavy (non-hydrogen) atoms. The van der Waals surface area contributed by atoms with Crippen LogP contribution in [0, 0.1) is 10.1 Å². The summed E-state index contributed by atoms with van der Waals surface area (Å²) in [5.74, 6) is 5.28. The van der Waals surface area contributed by atoms with Gasteiger partial charge in [-0.3, -0.25) is 20.9 Å². The third kappa shape index (κ3) is 3.39. The fourth-order valence-corrected chi connectivity index (χ4v) is 1.61. The molecule has 0 unspecified atom stereocenters. The fourth-order valence-electron chi connectivity index (χ4n) is 1.61. The molecule has 98 valence electrons. The minimum absolute atomic E-state index is 0.0239. The number of rotatable bonds is 5. The second-order valence-corrected chi connectivity index (χ2v) is 3.88. The number of nitrogens with one attached hydrogen (secondary N) is 2. The first-order valence-electron chi connectivity index (χ1n) is 5.58. The number of non-ortho nitro benzene ring substituents is 1. The summed E-state index contributed by atoms with van der Waals surface area (Å²) in [5, 5.41) is 13.9. The van der Waals surface area contributed by atoms with E-state index in [1.54, 1.807) is 18.5 Å². The van der Waals surface area contributed by atoms with Crippen LogP contribution in [0.15, 0.2) is 42.7 Å². The van der Waals surface area contributed by atoms with Crippen LogP contribution in [0.5, 0.6) is 0 Å². The summed E-state index contributed by atoms with van der Waals surface area (Å²) in [6.45, 7) is 0.527. The summed E-state index contributed by atoms with van der Waals surface area (Å²) in [6, 6.07) is 8.27. The minimum Gasteiger partial charge on any atom is -0.381 e. The van der Waals surface area contributed by atoms with Crippen LogP contribution in [0.2, 0.25) is 0 Å². The number of nitrogens with two attached hydrogens (primary N) is 1. The number of pyridine rings is 1. The van der Waals surface area contributed by atoms with Crippen molar-refractivity contribution in [1.82, 2.24) is 4.98 Å². The number of nitrogens with zero attached hydrogens (tertiary/aromatic N) is 2. The third-order valence-electron chi connectivity index (χ3n) is 2.51. The van der Waals surface area contributed by atoms with E-state index in [4.69, 9.17) is 5.84 Å². The Hall–Kier alpha value is -2.67. The van der Waals surface area contributed by atoms with Gasteiger partial charge in [-0.1, -0.05) is 6.07 Å². The SMILES string of the molecule is NNc1cc(NCc2cccnc2)cc([N+](=O)[O-])c1. The molecule has 0 aliphatic heterocycles. The smallest absolute Gasteiger partial charge is 0.273 e. The van der Waals surface area contributed by atoms with Gasteiger partial charge in [0.05, 0.1) is 10.6 Å². The molecule has 1 aromatic carbocycles. The highest BCUT2D eigenvalue weighted by Crippen LogP contribution is 2.24. The van der Waals surface area contributed by atoms with Crippen molar-refractivity contribution >= 4 is 17.1 Å². The molecule has 0 spiro atoms. The van der Waals surface area contributed by atoms with Crippen LogP contribution in [0.4, 0.5) is 17.1 Å². The van der Waals surface area contributed by atoms with E-state index >= 15 is 0 Å². The molecule has 0 aliphatic rings. The number of benzene rings is 1. The van der Waals surface area contributed by atoms with E-state index in [1.807, 2.05) is 12.1 Å². The lowest BCUT2D eigenvalue weighted by Gasteiger charge is -2.08. The van der Waals surface area contributed by atoms with Crippen molar-refractivity contribution in [3.05, 3.63) is 58.4 Å². The van der Waals surface area contributed by atoms with Crippen molar-refractivity contribution in [1.29, 1.82) is 0 Å². The standard InChI is InChI=1S/C12H13N5O2/c13-16-11-4-10(5-12(6-11)17(18)19)15-8-9-2-1-3-14-7-9/h1-7,15-16H,8,13H2. The average molecular weight is 259 g/mol. The predicted octanol–water partition coefficient (Wildman–Crippen LogP) is 1.89. The van der Waals surface area contributed by atoms with Gasteiger partial charge in [0.2, 0.25) is 0 Å². The lowest BCUT2D eigenvalue weighted by atomic mass is 10.2. The van der Waals surface area contributed by atoms with Gasteiger partial charge in [-0.25, -0.2) is 0 Å². The van der Waals surface area contributed by atoms with E-state index in [0.717, 1.165) is 5.56 Å². The Labute approximate surface area is 109 Å². The number of aromatic nitrogens is 1. The Morgan fingerprint density at radius 1 is 1.32 bits per heavy atom. The summed E-state index contributed by atoms with van der Waals surface area (Å²) in [5.41, 5.74) is 4.45. The lowest BCUT2D eigenvalue weighted by molar-refractivity contribution is -0.384. The predicted molar refractivity (Wildman–Crippen MR) is 72.5 cm³/mol. The second kappa shape index (κ2) is 5.78. The molecule has 2 rings (SSSR count). The van der Waals surface area contributed by atoms with Crippen LogP contribution in [0.25, 0.3) is 0 Å². The number of nitrogen functional groups attached to an aromatic ring is 1. The monoisotopic (exact) mass is 259 g/mol. The summed E-state index contributed by atoms with van der Waals surface area (Å²) in [4.78, 5) is 14.3. The van der Waals surface area contributed by atoms with Gasteiger partial charge < -0.3 is 10.7 Å². The van der Waals surface area contributed by atoms with Crippen LogP contribution in [-0.2, 0) is 6.54 Å². The molecule has 7 nitrogen and oxygen atoms in total. The molecule has 1 aromatic heterocycles. The van der Waals surface area contributed by atoms with Crippen LogP contribution in [0.1, 0.15) is 5.56 Å². The maximum atomic E-state index is 10.8. The van der Waals surface area contributed by atoms with Crippen LogP contribution in [0.3, 0.4) is 0 Å². The van der Waals surface area contributed by atoms with E-state index in [2.05, 4.69) is 15.7 Å². The maximum Gasteiger partial charge on any atom is 0.273 e. The molecule has 0 saturated carbocycles. The Bertz CT molecular complexity index is 574. The first kappa shape index (κ1) is 12.8. The molecule has 0 aliphatic carbocycles. The van der Waals surface area contributed by atoms with Crippen molar-refractivity contribution in [2.75, 3.05) is 10.7 Å². The van der Waals surface area contributed by atoms with Crippen molar-refractivity contribution in [3.8, 4) is 0 Å². The minimum atomic E-state index is -0.462. The molecule has 0 fully saturated rings. The normalized spacial score (nSPS) is 9.95. The van der Waals surface area contributed by atoms with E-state index in [9.17, 15) is 10.1 Å². The topological polar surface area (TPSA) is 106 Å². The molecule has 0 atom stereocenters. The largest absolute Gasteiger partial charge is 0.381 e. The van der Waals surface area contributed by atoms with E-state index in [0.29, 0.717) is 17.9 Å². The van der Waals surface area contributed by atoms with Gasteiger partial charge in [0.15, 0.2) is 0 Å². The van der Waals surface area contributed by atoms with Gasteiger partial charge in [0, 0.05) is 36.8 Å². The van der Waals surface area contributed by atoms with Gasteiger partial charge in [-0.15, -0.1) is 0 Å². The van der Waals surface area contributed by atoms with Crippen molar-refractivity contribution in [2.45, 2.75) is 6.54 Å². The summed E-state index contributed by atoms with van der Waals surface area (Å²) in [6.07, 6.45) is 3.42. The molecule has 0 amide bonds.